The van der Waals surface area contributed by atoms with Gasteiger partial charge in [-0.15, -0.1) is 0 Å². The smallest absolute Gasteiger partial charge is 0.172 e. The van der Waals surface area contributed by atoms with Gasteiger partial charge in [-0.1, -0.05) is 0 Å². The van der Waals surface area contributed by atoms with E-state index in [0.29, 0.717) is 11.6 Å². The molecule has 0 radical (unpaired) electrons. The summed E-state index contributed by atoms with van der Waals surface area (Å²) in [5.74, 6) is 0.735. The van der Waals surface area contributed by atoms with Gasteiger partial charge in [0.1, 0.15) is 5.82 Å². The molecule has 0 saturated heterocycles. The van der Waals surface area contributed by atoms with Crippen molar-refractivity contribution < 1.29 is 4.39 Å². The lowest BCUT2D eigenvalue weighted by atomic mass is 10.6. The maximum Gasteiger partial charge on any atom is 0.172 e. The molecule has 0 unspecified atom stereocenters. The molecular weight excluding hydrogens is 185 g/mol. The molecule has 0 aliphatic rings. The average Bonchev–Trinajstić information content (AvgIpc) is 2.65. The predicted octanol–water partition coefficient (Wildman–Crippen LogP) is 0.843. The van der Waals surface area contributed by atoms with Crippen LogP contribution in [0.25, 0.3) is 5.82 Å². The highest BCUT2D eigenvalue weighted by Crippen LogP contribution is 2.05. The molecule has 0 spiro atoms. The van der Waals surface area contributed by atoms with Crippen molar-refractivity contribution >= 4 is 5.82 Å². The molecule has 0 bridgehead atoms. The molecule has 2 aromatic rings. The Bertz CT molecular complexity index is 422. The van der Waals surface area contributed by atoms with Crippen LogP contribution in [0.2, 0.25) is 0 Å². The van der Waals surface area contributed by atoms with Gasteiger partial charge in [-0.3, -0.25) is 0 Å². The summed E-state index contributed by atoms with van der Waals surface area (Å²) in [5.41, 5.74) is 0. The van der Waals surface area contributed by atoms with Crippen LogP contribution in [0.4, 0.5) is 10.2 Å². The molecule has 0 fully saturated rings. The van der Waals surface area contributed by atoms with Gasteiger partial charge < -0.3 is 5.32 Å². The third-order valence-electron chi connectivity index (χ3n) is 1.68. The molecule has 0 aliphatic carbocycles. The monoisotopic (exact) mass is 193 g/mol. The van der Waals surface area contributed by atoms with Gasteiger partial charge in [-0.2, -0.15) is 5.10 Å². The van der Waals surface area contributed by atoms with Crippen molar-refractivity contribution in [2.45, 2.75) is 0 Å². The molecule has 72 valence electrons. The van der Waals surface area contributed by atoms with Crippen molar-refractivity contribution in [3.05, 3.63) is 30.6 Å². The summed E-state index contributed by atoms with van der Waals surface area (Å²) in [6.07, 6.45) is 5.42. The first kappa shape index (κ1) is 8.61. The van der Waals surface area contributed by atoms with Gasteiger partial charge in [0.25, 0.3) is 0 Å². The number of nitrogens with zero attached hydrogens (tertiary/aromatic N) is 4. The highest BCUT2D eigenvalue weighted by molar-refractivity contribution is 5.32. The maximum absolute atomic E-state index is 12.6. The number of halogens is 1. The van der Waals surface area contributed by atoms with Gasteiger partial charge in [0.15, 0.2) is 11.6 Å². The fourth-order valence-electron chi connectivity index (χ4n) is 0.995. The molecule has 0 atom stereocenters. The fraction of sp³-hybridized carbons (Fsp3) is 0.125. The lowest BCUT2D eigenvalue weighted by Crippen LogP contribution is -2.00. The van der Waals surface area contributed by atoms with Crippen LogP contribution in [0.1, 0.15) is 0 Å². The topological polar surface area (TPSA) is 55.6 Å². The molecule has 5 nitrogen and oxygen atoms in total. The molecule has 0 aromatic carbocycles. The average molecular weight is 193 g/mol. The van der Waals surface area contributed by atoms with E-state index in [-0.39, 0.29) is 0 Å². The second-order valence-corrected chi connectivity index (χ2v) is 2.61. The van der Waals surface area contributed by atoms with Crippen LogP contribution >= 0.6 is 0 Å². The number of anilines is 1. The van der Waals surface area contributed by atoms with Crippen molar-refractivity contribution in [3.8, 4) is 5.82 Å². The third-order valence-corrected chi connectivity index (χ3v) is 1.68. The minimum atomic E-state index is -0.399. The van der Waals surface area contributed by atoms with E-state index in [9.17, 15) is 4.39 Å². The Kier molecular flexibility index (Phi) is 2.10. The second kappa shape index (κ2) is 3.41. The van der Waals surface area contributed by atoms with Gasteiger partial charge >= 0.3 is 0 Å². The minimum Gasteiger partial charge on any atom is -0.372 e. The Morgan fingerprint density at radius 3 is 2.64 bits per heavy atom. The maximum atomic E-state index is 12.6. The first-order valence-electron chi connectivity index (χ1n) is 4.00. The van der Waals surface area contributed by atoms with Crippen LogP contribution in [-0.4, -0.2) is 26.8 Å². The van der Waals surface area contributed by atoms with E-state index in [4.69, 9.17) is 0 Å². The van der Waals surface area contributed by atoms with E-state index in [1.165, 1.54) is 17.1 Å². The molecule has 0 aliphatic heterocycles. The number of aromatic nitrogens is 4. The number of nitrogens with one attached hydrogen (secondary N) is 1. The van der Waals surface area contributed by atoms with Crippen LogP contribution in [0, 0.1) is 5.82 Å². The van der Waals surface area contributed by atoms with Crippen LogP contribution in [0.3, 0.4) is 0 Å². The van der Waals surface area contributed by atoms with Gasteiger partial charge in [-0.25, -0.2) is 19.0 Å². The van der Waals surface area contributed by atoms with Crippen LogP contribution in [0.5, 0.6) is 0 Å². The van der Waals surface area contributed by atoms with Crippen molar-refractivity contribution in [2.75, 3.05) is 12.4 Å². The Morgan fingerprint density at radius 1 is 1.29 bits per heavy atom. The zero-order valence-corrected chi connectivity index (χ0v) is 7.48. The van der Waals surface area contributed by atoms with Gasteiger partial charge in [0, 0.05) is 7.05 Å². The first-order chi connectivity index (χ1) is 6.79. The van der Waals surface area contributed by atoms with E-state index in [0.717, 1.165) is 6.20 Å². The summed E-state index contributed by atoms with van der Waals surface area (Å²) in [6, 6.07) is 0. The minimum absolute atomic E-state index is 0.399. The quantitative estimate of drug-likeness (QED) is 0.768. The zero-order chi connectivity index (χ0) is 9.97. The molecule has 0 amide bonds. The summed E-state index contributed by atoms with van der Waals surface area (Å²) in [4.78, 5) is 8.07. The van der Waals surface area contributed by atoms with Crippen LogP contribution in [0.15, 0.2) is 24.8 Å². The predicted molar refractivity (Wildman–Crippen MR) is 48.7 cm³/mol. The first-order valence-corrected chi connectivity index (χ1v) is 4.00. The molecule has 1 N–H and O–H groups in total. The largest absolute Gasteiger partial charge is 0.372 e. The fourth-order valence-corrected chi connectivity index (χ4v) is 0.995. The zero-order valence-electron chi connectivity index (χ0n) is 7.48. The lowest BCUT2D eigenvalue weighted by molar-refractivity contribution is 0.627. The molecular formula is C8H8FN5. The van der Waals surface area contributed by atoms with Crippen LogP contribution in [-0.2, 0) is 0 Å². The van der Waals surface area contributed by atoms with Crippen LogP contribution < -0.4 is 5.32 Å². The third kappa shape index (κ3) is 1.54. The molecule has 14 heavy (non-hydrogen) atoms. The lowest BCUT2D eigenvalue weighted by Gasteiger charge is -2.00. The molecule has 2 rings (SSSR count). The van der Waals surface area contributed by atoms with Crippen molar-refractivity contribution in [3.63, 3.8) is 0 Å². The van der Waals surface area contributed by atoms with E-state index < -0.39 is 5.82 Å². The van der Waals surface area contributed by atoms with Crippen molar-refractivity contribution in [2.24, 2.45) is 0 Å². The highest BCUT2D eigenvalue weighted by atomic mass is 19.1. The molecule has 0 saturated carbocycles. The van der Waals surface area contributed by atoms with E-state index in [2.05, 4.69) is 20.4 Å². The van der Waals surface area contributed by atoms with Crippen molar-refractivity contribution in [1.82, 2.24) is 19.7 Å². The van der Waals surface area contributed by atoms with E-state index in [1.54, 1.807) is 13.2 Å². The Labute approximate surface area is 79.6 Å². The standard InChI is InChI=1S/C8H8FN5/c1-10-7-3-12-8(4-11-7)14-5-6(9)2-13-14/h2-5H,1H3,(H,10,11). The SMILES string of the molecule is CNc1cnc(-n2cc(F)cn2)cn1. The van der Waals surface area contributed by atoms with Crippen molar-refractivity contribution in [1.29, 1.82) is 0 Å². The number of rotatable bonds is 2. The number of hydrogen-bond acceptors (Lipinski definition) is 4. The molecule has 6 heteroatoms. The van der Waals surface area contributed by atoms with Gasteiger partial charge in [0.2, 0.25) is 0 Å². The summed E-state index contributed by atoms with van der Waals surface area (Å²) in [5, 5.41) is 6.59. The number of hydrogen-bond donors (Lipinski definition) is 1. The summed E-state index contributed by atoms with van der Waals surface area (Å²) >= 11 is 0. The highest BCUT2D eigenvalue weighted by Gasteiger charge is 2.01. The normalized spacial score (nSPS) is 10.1. The van der Waals surface area contributed by atoms with E-state index >= 15 is 0 Å². The molecule has 2 heterocycles. The molecule has 2 aromatic heterocycles. The Morgan fingerprint density at radius 2 is 2.14 bits per heavy atom. The Balaban J connectivity index is 2.33. The van der Waals surface area contributed by atoms with E-state index in [1.807, 2.05) is 0 Å². The summed E-state index contributed by atoms with van der Waals surface area (Å²) < 4.78 is 13.9. The van der Waals surface area contributed by atoms with Gasteiger partial charge in [-0.05, 0) is 0 Å². The Hall–Kier alpha value is -1.98. The van der Waals surface area contributed by atoms with Gasteiger partial charge in [0.05, 0.1) is 24.8 Å². The second-order valence-electron chi connectivity index (χ2n) is 2.61. The summed E-state index contributed by atoms with van der Waals surface area (Å²) in [7, 11) is 1.75. The summed E-state index contributed by atoms with van der Waals surface area (Å²) in [6.45, 7) is 0.